The quantitative estimate of drug-likeness (QED) is 0.805. The molecule has 0 saturated carbocycles. The Bertz CT molecular complexity index is 343. The van der Waals surface area contributed by atoms with E-state index in [-0.39, 0.29) is 6.42 Å². The molecule has 3 nitrogen and oxygen atoms in total. The third kappa shape index (κ3) is 3.35. The topological polar surface area (TPSA) is 57.5 Å². The van der Waals surface area contributed by atoms with Crippen LogP contribution in [0.2, 0.25) is 0 Å². The second-order valence-electron chi connectivity index (χ2n) is 4.09. The summed E-state index contributed by atoms with van der Waals surface area (Å²) in [5, 5.41) is 18.2. The van der Waals surface area contributed by atoms with Crippen molar-refractivity contribution in [2.75, 3.05) is 0 Å². The number of aliphatic hydroxyl groups is 1. The molecule has 0 amide bonds. The molecule has 0 aromatic heterocycles. The summed E-state index contributed by atoms with van der Waals surface area (Å²) in [7, 11) is 0. The highest BCUT2D eigenvalue weighted by atomic mass is 16.4. The van der Waals surface area contributed by atoms with Crippen LogP contribution in [0.1, 0.15) is 49.8 Å². The van der Waals surface area contributed by atoms with Gasteiger partial charge < -0.3 is 10.2 Å². The van der Waals surface area contributed by atoms with E-state index in [1.165, 1.54) is 5.56 Å². The molecule has 2 unspecified atom stereocenters. The van der Waals surface area contributed by atoms with E-state index in [4.69, 9.17) is 5.11 Å². The number of carboxylic acids is 1. The number of benzene rings is 1. The maximum absolute atomic E-state index is 10.4. The van der Waals surface area contributed by atoms with Crippen molar-refractivity contribution in [1.82, 2.24) is 0 Å². The van der Waals surface area contributed by atoms with Gasteiger partial charge in [0.05, 0.1) is 12.5 Å². The summed E-state index contributed by atoms with van der Waals surface area (Å²) in [6.45, 7) is 4.26. The number of carboxylic acid groups (broad SMARTS) is 1. The summed E-state index contributed by atoms with van der Waals surface area (Å²) in [5.74, 6) is -0.496. The van der Waals surface area contributed by atoms with Gasteiger partial charge in [0.1, 0.15) is 0 Å². The van der Waals surface area contributed by atoms with Crippen LogP contribution in [0.15, 0.2) is 24.3 Å². The van der Waals surface area contributed by atoms with Gasteiger partial charge in [-0.1, -0.05) is 38.1 Å². The van der Waals surface area contributed by atoms with E-state index in [0.29, 0.717) is 11.5 Å². The largest absolute Gasteiger partial charge is 0.481 e. The Morgan fingerprint density at radius 2 is 1.75 bits per heavy atom. The third-order valence-electron chi connectivity index (χ3n) is 2.87. The summed E-state index contributed by atoms with van der Waals surface area (Å²) in [4.78, 5) is 10.4. The van der Waals surface area contributed by atoms with Gasteiger partial charge in [-0.2, -0.15) is 0 Å². The van der Waals surface area contributed by atoms with Crippen LogP contribution in [-0.4, -0.2) is 16.2 Å². The smallest absolute Gasteiger partial charge is 0.306 e. The van der Waals surface area contributed by atoms with Gasteiger partial charge in [-0.25, -0.2) is 0 Å². The molecule has 1 aromatic rings. The first-order valence-corrected chi connectivity index (χ1v) is 5.54. The number of hydrogen-bond acceptors (Lipinski definition) is 2. The van der Waals surface area contributed by atoms with Gasteiger partial charge in [-0.3, -0.25) is 4.79 Å². The lowest BCUT2D eigenvalue weighted by Gasteiger charge is -2.12. The Balaban J connectivity index is 2.74. The van der Waals surface area contributed by atoms with E-state index in [1.807, 2.05) is 12.1 Å². The first-order chi connectivity index (χ1) is 7.54. The predicted octanol–water partition coefficient (Wildman–Crippen LogP) is 2.71. The van der Waals surface area contributed by atoms with Gasteiger partial charge >= 0.3 is 5.97 Å². The fourth-order valence-electron chi connectivity index (χ4n) is 1.57. The predicted molar refractivity (Wildman–Crippen MR) is 62.4 cm³/mol. The molecule has 2 atom stereocenters. The molecule has 0 saturated heterocycles. The Morgan fingerprint density at radius 1 is 1.25 bits per heavy atom. The van der Waals surface area contributed by atoms with E-state index >= 15 is 0 Å². The standard InChI is InChI=1S/C13H18O3/c1-3-9(2)10-4-6-11(7-5-10)12(14)8-13(15)16/h4-7,9,12,14H,3,8H2,1-2H3,(H,15,16). The second-order valence-corrected chi connectivity index (χ2v) is 4.09. The molecular formula is C13H18O3. The number of aliphatic hydroxyl groups excluding tert-OH is 1. The first kappa shape index (κ1) is 12.7. The van der Waals surface area contributed by atoms with Gasteiger partial charge in [0.25, 0.3) is 0 Å². The molecule has 0 heterocycles. The highest BCUT2D eigenvalue weighted by Gasteiger charge is 2.12. The molecule has 0 bridgehead atoms. The van der Waals surface area contributed by atoms with Crippen molar-refractivity contribution < 1.29 is 15.0 Å². The lowest BCUT2D eigenvalue weighted by Crippen LogP contribution is -2.05. The van der Waals surface area contributed by atoms with Crippen LogP contribution in [0.5, 0.6) is 0 Å². The van der Waals surface area contributed by atoms with Crippen molar-refractivity contribution in [2.45, 2.75) is 38.7 Å². The molecule has 0 radical (unpaired) electrons. The fourth-order valence-corrected chi connectivity index (χ4v) is 1.57. The highest BCUT2D eigenvalue weighted by Crippen LogP contribution is 2.22. The molecule has 1 rings (SSSR count). The van der Waals surface area contributed by atoms with E-state index in [1.54, 1.807) is 12.1 Å². The van der Waals surface area contributed by atoms with Crippen LogP contribution < -0.4 is 0 Å². The number of aliphatic carboxylic acids is 1. The van der Waals surface area contributed by atoms with Crippen molar-refractivity contribution in [3.8, 4) is 0 Å². The van der Waals surface area contributed by atoms with Crippen LogP contribution in [0.25, 0.3) is 0 Å². The van der Waals surface area contributed by atoms with Gasteiger partial charge in [0.2, 0.25) is 0 Å². The minimum absolute atomic E-state index is 0.247. The van der Waals surface area contributed by atoms with Crippen LogP contribution >= 0.6 is 0 Å². The molecule has 1 aromatic carbocycles. The van der Waals surface area contributed by atoms with Crippen molar-refractivity contribution >= 4 is 5.97 Å². The first-order valence-electron chi connectivity index (χ1n) is 5.54. The zero-order chi connectivity index (χ0) is 12.1. The van der Waals surface area contributed by atoms with Crippen molar-refractivity contribution in [2.24, 2.45) is 0 Å². The average Bonchev–Trinajstić information content (AvgIpc) is 2.27. The van der Waals surface area contributed by atoms with Gasteiger partial charge in [0, 0.05) is 0 Å². The normalized spacial score (nSPS) is 14.4. The number of hydrogen-bond donors (Lipinski definition) is 2. The maximum Gasteiger partial charge on any atom is 0.306 e. The summed E-state index contributed by atoms with van der Waals surface area (Å²) in [6, 6.07) is 7.51. The lowest BCUT2D eigenvalue weighted by molar-refractivity contribution is -0.139. The van der Waals surface area contributed by atoms with E-state index in [9.17, 15) is 9.90 Å². The van der Waals surface area contributed by atoms with Crippen LogP contribution in [-0.2, 0) is 4.79 Å². The molecule has 0 aliphatic rings. The summed E-state index contributed by atoms with van der Waals surface area (Å²) in [5.41, 5.74) is 1.88. The maximum atomic E-state index is 10.4. The molecule has 16 heavy (non-hydrogen) atoms. The van der Waals surface area contributed by atoms with Gasteiger partial charge in [0.15, 0.2) is 0 Å². The monoisotopic (exact) mass is 222 g/mol. The summed E-state index contributed by atoms with van der Waals surface area (Å²) < 4.78 is 0. The van der Waals surface area contributed by atoms with Crippen molar-refractivity contribution in [3.63, 3.8) is 0 Å². The molecule has 88 valence electrons. The summed E-state index contributed by atoms with van der Waals surface area (Å²) in [6.07, 6.45) is -0.0943. The number of rotatable bonds is 5. The molecule has 0 fully saturated rings. The van der Waals surface area contributed by atoms with Crippen LogP contribution in [0.4, 0.5) is 0 Å². The molecule has 2 N–H and O–H groups in total. The second kappa shape index (κ2) is 5.66. The van der Waals surface area contributed by atoms with Crippen LogP contribution in [0, 0.1) is 0 Å². The van der Waals surface area contributed by atoms with Crippen LogP contribution in [0.3, 0.4) is 0 Å². The van der Waals surface area contributed by atoms with E-state index < -0.39 is 12.1 Å². The number of carbonyl (C=O) groups is 1. The molecule has 0 aliphatic heterocycles. The zero-order valence-electron chi connectivity index (χ0n) is 9.68. The Kier molecular flexibility index (Phi) is 4.50. The van der Waals surface area contributed by atoms with E-state index in [0.717, 1.165) is 6.42 Å². The van der Waals surface area contributed by atoms with Gasteiger partial charge in [-0.15, -0.1) is 0 Å². The van der Waals surface area contributed by atoms with E-state index in [2.05, 4.69) is 13.8 Å². The lowest BCUT2D eigenvalue weighted by atomic mass is 9.96. The third-order valence-corrected chi connectivity index (χ3v) is 2.87. The Morgan fingerprint density at radius 3 is 2.19 bits per heavy atom. The summed E-state index contributed by atoms with van der Waals surface area (Å²) >= 11 is 0. The minimum atomic E-state index is -0.987. The molecular weight excluding hydrogens is 204 g/mol. The SMILES string of the molecule is CCC(C)c1ccc(C(O)CC(=O)O)cc1. The molecule has 0 spiro atoms. The van der Waals surface area contributed by atoms with Crippen molar-refractivity contribution in [1.29, 1.82) is 0 Å². The fraction of sp³-hybridized carbons (Fsp3) is 0.462. The average molecular weight is 222 g/mol. The molecule has 0 aliphatic carbocycles. The van der Waals surface area contributed by atoms with Gasteiger partial charge in [-0.05, 0) is 23.5 Å². The zero-order valence-corrected chi connectivity index (χ0v) is 9.68. The van der Waals surface area contributed by atoms with Crippen molar-refractivity contribution in [3.05, 3.63) is 35.4 Å². The Labute approximate surface area is 95.7 Å². The molecule has 3 heteroatoms. The Hall–Kier alpha value is -1.35. The minimum Gasteiger partial charge on any atom is -0.481 e. The highest BCUT2D eigenvalue weighted by molar-refractivity contribution is 5.67.